The lowest BCUT2D eigenvalue weighted by atomic mass is 9.43. The molecule has 6 aliphatic carbocycles. The van der Waals surface area contributed by atoms with Gasteiger partial charge in [0.15, 0.2) is 0 Å². The zero-order chi connectivity index (χ0) is 33.2. The first kappa shape index (κ1) is 28.9. The summed E-state index contributed by atoms with van der Waals surface area (Å²) in [7, 11) is 0. The van der Waals surface area contributed by atoms with E-state index >= 15 is 0 Å². The highest BCUT2D eigenvalue weighted by atomic mass is 15.1. The van der Waals surface area contributed by atoms with Gasteiger partial charge < -0.3 is 4.90 Å². The highest BCUT2D eigenvalue weighted by Gasteiger charge is 2.61. The number of benzene rings is 6. The van der Waals surface area contributed by atoms with Crippen LogP contribution in [-0.2, 0) is 10.8 Å². The van der Waals surface area contributed by atoms with Crippen molar-refractivity contribution in [3.05, 3.63) is 162 Å². The molecule has 0 amide bonds. The van der Waals surface area contributed by atoms with E-state index in [4.69, 9.17) is 0 Å². The van der Waals surface area contributed by atoms with Crippen LogP contribution in [0, 0.1) is 23.7 Å². The maximum atomic E-state index is 2.57. The molecule has 4 fully saturated rings. The Morgan fingerprint density at radius 3 is 1.78 bits per heavy atom. The highest BCUT2D eigenvalue weighted by Crippen LogP contribution is 2.69. The van der Waals surface area contributed by atoms with Crippen molar-refractivity contribution in [2.75, 3.05) is 4.90 Å². The second kappa shape index (κ2) is 10.3. The van der Waals surface area contributed by atoms with Crippen molar-refractivity contribution in [1.29, 1.82) is 0 Å². The summed E-state index contributed by atoms with van der Waals surface area (Å²) in [5, 5.41) is 0. The SMILES string of the molecule is CC1(C)c2ccccc2-c2c(N(c3ccc(-c4ccccc4)cc3)c3ccc4c(c3)-c3ccccc3[C@]43[C@@H]4CC5C[C@@H](C4)C[C@@H]3C5)cccc21. The van der Waals surface area contributed by atoms with Gasteiger partial charge in [0.05, 0.1) is 5.69 Å². The summed E-state index contributed by atoms with van der Waals surface area (Å²) < 4.78 is 0. The largest absolute Gasteiger partial charge is 0.310 e. The van der Waals surface area contributed by atoms with Crippen LogP contribution in [-0.4, -0.2) is 0 Å². The molecule has 0 radical (unpaired) electrons. The standard InChI is InChI=1S/C49H43N/c1-48(2)42-15-8-7-14-40(42)47-45(48)17-10-18-46(47)50(37-21-19-34(20-22-37)33-11-4-3-5-12-33)38-23-24-44-41(30-38)39-13-6-9-16-43(39)49(44)35-26-31-25-32(28-35)29-36(49)27-31/h3-24,30-32,35-36H,25-29H2,1-2H3/t31-,32?,35-,36+,49+. The summed E-state index contributed by atoms with van der Waals surface area (Å²) >= 11 is 0. The van der Waals surface area contributed by atoms with Crippen LogP contribution in [0.25, 0.3) is 33.4 Å². The number of rotatable bonds is 4. The lowest BCUT2D eigenvalue weighted by Crippen LogP contribution is -2.55. The normalized spacial score (nSPS) is 25.6. The van der Waals surface area contributed by atoms with Crippen molar-refractivity contribution in [3.8, 4) is 33.4 Å². The molecule has 50 heavy (non-hydrogen) atoms. The van der Waals surface area contributed by atoms with Crippen LogP contribution in [0.4, 0.5) is 17.1 Å². The molecule has 0 N–H and O–H groups in total. The lowest BCUT2D eigenvalue weighted by Gasteiger charge is -2.61. The fraction of sp³-hybridized carbons (Fsp3) is 0.265. The van der Waals surface area contributed by atoms with Gasteiger partial charge in [-0.15, -0.1) is 0 Å². The summed E-state index contributed by atoms with van der Waals surface area (Å²) in [4.78, 5) is 2.55. The van der Waals surface area contributed by atoms with Crippen LogP contribution in [0.5, 0.6) is 0 Å². The fourth-order valence-electron chi connectivity index (χ4n) is 12.1. The molecule has 0 atom stereocenters. The third kappa shape index (κ3) is 3.79. The van der Waals surface area contributed by atoms with Gasteiger partial charge in [0.1, 0.15) is 0 Å². The molecule has 0 aromatic heterocycles. The van der Waals surface area contributed by atoms with Gasteiger partial charge in [0, 0.05) is 27.8 Å². The third-order valence-electron chi connectivity index (χ3n) is 13.9. The quantitative estimate of drug-likeness (QED) is 0.184. The monoisotopic (exact) mass is 645 g/mol. The van der Waals surface area contributed by atoms with Crippen molar-refractivity contribution in [1.82, 2.24) is 0 Å². The van der Waals surface area contributed by atoms with E-state index in [0.29, 0.717) is 0 Å². The zero-order valence-corrected chi connectivity index (χ0v) is 29.1. The van der Waals surface area contributed by atoms with E-state index in [2.05, 4.69) is 158 Å². The molecule has 244 valence electrons. The van der Waals surface area contributed by atoms with E-state index < -0.39 is 0 Å². The minimum Gasteiger partial charge on any atom is -0.310 e. The minimum absolute atomic E-state index is 0.0620. The average Bonchev–Trinajstić information content (AvgIpc) is 3.57. The molecule has 6 aliphatic rings. The number of hydrogen-bond donors (Lipinski definition) is 0. The van der Waals surface area contributed by atoms with Gasteiger partial charge in [0.2, 0.25) is 0 Å². The molecule has 0 aliphatic heterocycles. The van der Waals surface area contributed by atoms with E-state index in [0.717, 1.165) is 23.7 Å². The van der Waals surface area contributed by atoms with Crippen LogP contribution in [0.3, 0.4) is 0 Å². The zero-order valence-electron chi connectivity index (χ0n) is 29.1. The second-order valence-electron chi connectivity index (χ2n) is 16.6. The van der Waals surface area contributed by atoms with Gasteiger partial charge in [0.25, 0.3) is 0 Å². The molecule has 4 bridgehead atoms. The Bertz CT molecular complexity index is 2280. The molecule has 0 unspecified atom stereocenters. The topological polar surface area (TPSA) is 3.24 Å². The van der Waals surface area contributed by atoms with Gasteiger partial charge >= 0.3 is 0 Å². The molecule has 12 rings (SSSR count). The van der Waals surface area contributed by atoms with E-state index in [9.17, 15) is 0 Å². The first-order valence-electron chi connectivity index (χ1n) is 18.9. The molecule has 1 nitrogen and oxygen atoms in total. The van der Waals surface area contributed by atoms with Crippen molar-refractivity contribution in [2.45, 2.75) is 56.8 Å². The number of anilines is 3. The number of fused-ring (bicyclic) bond motifs is 6. The van der Waals surface area contributed by atoms with Crippen LogP contribution >= 0.6 is 0 Å². The van der Waals surface area contributed by atoms with Gasteiger partial charge in [-0.3, -0.25) is 0 Å². The average molecular weight is 646 g/mol. The number of hydrogen-bond acceptors (Lipinski definition) is 1. The molecule has 6 aromatic rings. The molecular weight excluding hydrogens is 603 g/mol. The Kier molecular flexibility index (Phi) is 5.97. The molecule has 0 saturated heterocycles. The van der Waals surface area contributed by atoms with Crippen LogP contribution in [0.2, 0.25) is 0 Å². The minimum atomic E-state index is -0.0620. The maximum absolute atomic E-state index is 2.57. The third-order valence-corrected chi connectivity index (χ3v) is 13.9. The Balaban J connectivity index is 1.13. The van der Waals surface area contributed by atoms with Crippen LogP contribution < -0.4 is 4.90 Å². The van der Waals surface area contributed by atoms with E-state index in [1.54, 1.807) is 11.1 Å². The van der Waals surface area contributed by atoms with E-state index in [1.807, 2.05) is 0 Å². The van der Waals surface area contributed by atoms with Crippen molar-refractivity contribution >= 4 is 17.1 Å². The van der Waals surface area contributed by atoms with Gasteiger partial charge in [-0.2, -0.15) is 0 Å². The summed E-state index contributed by atoms with van der Waals surface area (Å²) in [6, 6.07) is 53.1. The Hall–Kier alpha value is -4.88. The summed E-state index contributed by atoms with van der Waals surface area (Å²) in [5.41, 5.74) is 18.0. The first-order chi connectivity index (χ1) is 24.5. The van der Waals surface area contributed by atoms with Crippen LogP contribution in [0.15, 0.2) is 140 Å². The van der Waals surface area contributed by atoms with E-state index in [-0.39, 0.29) is 10.8 Å². The van der Waals surface area contributed by atoms with Crippen molar-refractivity contribution in [2.24, 2.45) is 23.7 Å². The van der Waals surface area contributed by atoms with Crippen LogP contribution in [0.1, 0.15) is 68.2 Å². The molecule has 0 heterocycles. The molecule has 1 spiro atoms. The highest BCUT2D eigenvalue weighted by molar-refractivity contribution is 5.96. The first-order valence-corrected chi connectivity index (χ1v) is 18.9. The Morgan fingerprint density at radius 1 is 0.460 bits per heavy atom. The summed E-state index contributed by atoms with van der Waals surface area (Å²) in [5.74, 6) is 3.43. The molecule has 1 heteroatoms. The molecule has 6 aromatic carbocycles. The molecule has 4 saturated carbocycles. The fourth-order valence-corrected chi connectivity index (χ4v) is 12.1. The lowest BCUT2D eigenvalue weighted by molar-refractivity contribution is -0.0399. The summed E-state index contributed by atoms with van der Waals surface area (Å²) in [6.45, 7) is 4.77. The van der Waals surface area contributed by atoms with Crippen molar-refractivity contribution < 1.29 is 0 Å². The second-order valence-corrected chi connectivity index (χ2v) is 16.6. The van der Waals surface area contributed by atoms with Gasteiger partial charge in [-0.05, 0) is 136 Å². The van der Waals surface area contributed by atoms with Gasteiger partial charge in [-0.1, -0.05) is 123 Å². The predicted octanol–water partition coefficient (Wildman–Crippen LogP) is 12.9. The smallest absolute Gasteiger partial charge is 0.0543 e. The van der Waals surface area contributed by atoms with E-state index in [1.165, 1.54) is 93.7 Å². The summed E-state index contributed by atoms with van der Waals surface area (Å²) in [6.07, 6.45) is 7.12. The number of nitrogens with zero attached hydrogens (tertiary/aromatic N) is 1. The predicted molar refractivity (Wildman–Crippen MR) is 207 cm³/mol. The maximum Gasteiger partial charge on any atom is 0.0543 e. The Labute approximate surface area is 296 Å². The van der Waals surface area contributed by atoms with Gasteiger partial charge in [-0.25, -0.2) is 0 Å². The van der Waals surface area contributed by atoms with Crippen molar-refractivity contribution in [3.63, 3.8) is 0 Å². The molecular formula is C49H43N. The Morgan fingerprint density at radius 2 is 1.04 bits per heavy atom.